The number of fused-ring (bicyclic) bond motifs is 1. The average molecular weight is 372 g/mol. The number of nitrogens with zero attached hydrogens (tertiary/aromatic N) is 6. The van der Waals surface area contributed by atoms with Crippen LogP contribution in [0.3, 0.4) is 0 Å². The third kappa shape index (κ3) is 2.82. The zero-order valence-electron chi connectivity index (χ0n) is 13.7. The summed E-state index contributed by atoms with van der Waals surface area (Å²) >= 11 is 0. The maximum absolute atomic E-state index is 13.5. The normalized spacial score (nSPS) is 14.8. The second kappa shape index (κ2) is 5.60. The van der Waals surface area contributed by atoms with Crippen molar-refractivity contribution in [3.05, 3.63) is 48.0 Å². The summed E-state index contributed by atoms with van der Waals surface area (Å²) in [6, 6.07) is 5.86. The Balaban J connectivity index is 1.62. The van der Waals surface area contributed by atoms with E-state index in [9.17, 15) is 13.2 Å². The minimum absolute atomic E-state index is 0.0217. The molecule has 4 heterocycles. The fourth-order valence-corrected chi connectivity index (χ4v) is 2.83. The molecule has 10 heteroatoms. The molecule has 4 aromatic heterocycles. The van der Waals surface area contributed by atoms with Crippen LogP contribution in [0.5, 0.6) is 0 Å². The molecule has 0 spiro atoms. The van der Waals surface area contributed by atoms with Gasteiger partial charge in [-0.15, -0.1) is 10.2 Å². The van der Waals surface area contributed by atoms with Crippen LogP contribution in [0.4, 0.5) is 13.2 Å². The van der Waals surface area contributed by atoms with Crippen molar-refractivity contribution in [3.63, 3.8) is 0 Å². The lowest BCUT2D eigenvalue weighted by molar-refractivity contribution is -0.142. The summed E-state index contributed by atoms with van der Waals surface area (Å²) in [5, 5.41) is 11.8. The number of pyridine rings is 1. The van der Waals surface area contributed by atoms with Crippen LogP contribution < -0.4 is 0 Å². The number of alkyl halides is 3. The Hall–Kier alpha value is -3.30. The molecule has 0 amide bonds. The summed E-state index contributed by atoms with van der Waals surface area (Å²) in [6.07, 6.45) is 0.290. The fourth-order valence-electron chi connectivity index (χ4n) is 2.83. The number of hydrogen-bond acceptors (Lipinski definition) is 6. The molecule has 7 nitrogen and oxygen atoms in total. The van der Waals surface area contributed by atoms with E-state index in [2.05, 4.69) is 25.3 Å². The van der Waals surface area contributed by atoms with Gasteiger partial charge in [0.2, 0.25) is 5.89 Å². The zero-order valence-corrected chi connectivity index (χ0v) is 13.7. The van der Waals surface area contributed by atoms with Crippen LogP contribution in [0.15, 0.2) is 41.1 Å². The highest BCUT2D eigenvalue weighted by Gasteiger charge is 2.37. The molecule has 1 saturated carbocycles. The van der Waals surface area contributed by atoms with Crippen molar-refractivity contribution in [2.24, 2.45) is 0 Å². The molecule has 0 unspecified atom stereocenters. The molecule has 0 saturated heterocycles. The topological polar surface area (TPSA) is 82.0 Å². The van der Waals surface area contributed by atoms with E-state index in [-0.39, 0.29) is 29.0 Å². The number of aromatic nitrogens is 6. The highest BCUT2D eigenvalue weighted by atomic mass is 19.4. The lowest BCUT2D eigenvalue weighted by atomic mass is 10.2. The minimum Gasteiger partial charge on any atom is -0.415 e. The second-order valence-electron chi connectivity index (χ2n) is 6.29. The third-order valence-corrected chi connectivity index (χ3v) is 4.30. The highest BCUT2D eigenvalue weighted by Crippen LogP contribution is 2.41. The first-order chi connectivity index (χ1) is 13.0. The summed E-state index contributed by atoms with van der Waals surface area (Å²) in [5.74, 6) is 0.330. The first-order valence-corrected chi connectivity index (χ1v) is 8.21. The molecule has 136 valence electrons. The van der Waals surface area contributed by atoms with Crippen LogP contribution in [0.1, 0.15) is 30.1 Å². The zero-order chi connectivity index (χ0) is 18.6. The van der Waals surface area contributed by atoms with Crippen LogP contribution in [0.25, 0.3) is 28.7 Å². The van der Waals surface area contributed by atoms with Gasteiger partial charge >= 0.3 is 6.18 Å². The maximum atomic E-state index is 13.5. The number of hydrogen-bond donors (Lipinski definition) is 0. The van der Waals surface area contributed by atoms with Crippen molar-refractivity contribution in [2.75, 3.05) is 0 Å². The molecule has 1 fully saturated rings. The summed E-state index contributed by atoms with van der Waals surface area (Å²) in [6.45, 7) is 0. The molecule has 1 aliphatic carbocycles. The Kier molecular flexibility index (Phi) is 3.30. The number of rotatable bonds is 3. The van der Waals surface area contributed by atoms with Gasteiger partial charge in [0.25, 0.3) is 5.89 Å². The molecular formula is C17H11F3N6O. The van der Waals surface area contributed by atoms with Crippen LogP contribution in [0, 0.1) is 0 Å². The molecule has 0 aliphatic heterocycles. The smallest absolute Gasteiger partial charge is 0.415 e. The van der Waals surface area contributed by atoms with Crippen LogP contribution in [-0.2, 0) is 6.18 Å². The minimum atomic E-state index is -4.55. The van der Waals surface area contributed by atoms with Crippen molar-refractivity contribution in [3.8, 4) is 23.0 Å². The largest absolute Gasteiger partial charge is 0.433 e. The molecule has 1 aliphatic rings. The Bertz CT molecular complexity index is 1130. The summed E-state index contributed by atoms with van der Waals surface area (Å²) in [5.41, 5.74) is 0.454. The second-order valence-corrected chi connectivity index (χ2v) is 6.29. The molecule has 0 atom stereocenters. The van der Waals surface area contributed by atoms with Gasteiger partial charge in [0, 0.05) is 35.6 Å². The van der Waals surface area contributed by atoms with E-state index in [0.717, 1.165) is 23.4 Å². The summed E-state index contributed by atoms with van der Waals surface area (Å²) in [7, 11) is 0. The molecule has 0 bridgehead atoms. The van der Waals surface area contributed by atoms with Gasteiger partial charge in [-0.25, -0.2) is 9.50 Å². The highest BCUT2D eigenvalue weighted by molar-refractivity contribution is 5.59. The Morgan fingerprint density at radius 3 is 2.48 bits per heavy atom. The summed E-state index contributed by atoms with van der Waals surface area (Å²) in [4.78, 5) is 8.23. The monoisotopic (exact) mass is 372 g/mol. The predicted molar refractivity (Wildman–Crippen MR) is 86.5 cm³/mol. The molecule has 5 rings (SSSR count). The van der Waals surface area contributed by atoms with Gasteiger partial charge in [-0.3, -0.25) is 4.98 Å². The van der Waals surface area contributed by atoms with Gasteiger partial charge in [-0.2, -0.15) is 18.3 Å². The lowest BCUT2D eigenvalue weighted by Crippen LogP contribution is -2.14. The first-order valence-electron chi connectivity index (χ1n) is 8.21. The maximum Gasteiger partial charge on any atom is 0.433 e. The van der Waals surface area contributed by atoms with E-state index < -0.39 is 11.9 Å². The fraction of sp³-hybridized carbons (Fsp3) is 0.235. The van der Waals surface area contributed by atoms with Crippen molar-refractivity contribution in [1.82, 2.24) is 29.8 Å². The van der Waals surface area contributed by atoms with Crippen molar-refractivity contribution in [1.29, 1.82) is 0 Å². The molecule has 0 radical (unpaired) electrons. The molecule has 27 heavy (non-hydrogen) atoms. The molecular weight excluding hydrogens is 361 g/mol. The van der Waals surface area contributed by atoms with E-state index in [4.69, 9.17) is 4.42 Å². The van der Waals surface area contributed by atoms with Crippen LogP contribution >= 0.6 is 0 Å². The van der Waals surface area contributed by atoms with Gasteiger partial charge in [-0.1, -0.05) is 0 Å². The van der Waals surface area contributed by atoms with Gasteiger partial charge in [0.05, 0.1) is 0 Å². The molecule has 4 aromatic rings. The van der Waals surface area contributed by atoms with Crippen molar-refractivity contribution >= 4 is 5.65 Å². The Labute approximate surface area is 149 Å². The van der Waals surface area contributed by atoms with Gasteiger partial charge in [-0.05, 0) is 31.0 Å². The SMILES string of the molecule is FC(F)(F)c1cc(C2CC2)nc2cc(-c3nnc(-c4ccncc4)o3)nn12. The van der Waals surface area contributed by atoms with Crippen LogP contribution in [0.2, 0.25) is 0 Å². The quantitative estimate of drug-likeness (QED) is 0.545. The number of halogens is 3. The third-order valence-electron chi connectivity index (χ3n) is 4.30. The van der Waals surface area contributed by atoms with Gasteiger partial charge in [0.1, 0.15) is 5.69 Å². The van der Waals surface area contributed by atoms with Crippen molar-refractivity contribution < 1.29 is 17.6 Å². The Morgan fingerprint density at radius 2 is 1.78 bits per heavy atom. The molecule has 0 aromatic carbocycles. The average Bonchev–Trinajstić information content (AvgIpc) is 3.23. The summed E-state index contributed by atoms with van der Waals surface area (Å²) < 4.78 is 46.8. The van der Waals surface area contributed by atoms with E-state index in [1.807, 2.05) is 0 Å². The lowest BCUT2D eigenvalue weighted by Gasteiger charge is -2.10. The van der Waals surface area contributed by atoms with E-state index in [1.165, 1.54) is 6.07 Å². The van der Waals surface area contributed by atoms with Crippen LogP contribution in [-0.4, -0.2) is 29.8 Å². The van der Waals surface area contributed by atoms with Crippen molar-refractivity contribution in [2.45, 2.75) is 24.9 Å². The predicted octanol–water partition coefficient (Wildman–Crippen LogP) is 3.74. The first kappa shape index (κ1) is 15.9. The van der Waals surface area contributed by atoms with E-state index in [0.29, 0.717) is 11.3 Å². The van der Waals surface area contributed by atoms with Gasteiger partial charge < -0.3 is 4.42 Å². The standard InChI is InChI=1S/C17H11F3N6O/c18-17(19,20)13-7-11(9-1-2-9)22-14-8-12(25-26(13)14)16-24-23-15(27-16)10-3-5-21-6-4-10/h3-9H,1-2H2. The van der Waals surface area contributed by atoms with E-state index >= 15 is 0 Å². The Morgan fingerprint density at radius 1 is 1.04 bits per heavy atom. The van der Waals surface area contributed by atoms with E-state index in [1.54, 1.807) is 24.5 Å². The van der Waals surface area contributed by atoms with Gasteiger partial charge in [0.15, 0.2) is 11.3 Å². The molecule has 0 N–H and O–H groups in total.